The van der Waals surface area contributed by atoms with Gasteiger partial charge in [-0.05, 0) is 62.1 Å². The third kappa shape index (κ3) is 6.27. The van der Waals surface area contributed by atoms with E-state index >= 15 is 0 Å². The predicted molar refractivity (Wildman–Crippen MR) is 133 cm³/mol. The summed E-state index contributed by atoms with van der Waals surface area (Å²) in [6.07, 6.45) is 11.5. The molecule has 0 radical (unpaired) electrons. The Morgan fingerprint density at radius 2 is 2.24 bits per heavy atom. The Balaban J connectivity index is 1.49. The minimum Gasteiger partial charge on any atom is -0.486 e. The number of allylic oxidation sites excluding steroid dienone is 1. The molecule has 174 valence electrons. The van der Waals surface area contributed by atoms with Gasteiger partial charge >= 0.3 is 0 Å². The van der Waals surface area contributed by atoms with Crippen molar-refractivity contribution in [3.63, 3.8) is 0 Å². The van der Waals surface area contributed by atoms with Crippen molar-refractivity contribution in [2.75, 3.05) is 6.54 Å². The summed E-state index contributed by atoms with van der Waals surface area (Å²) in [5.74, 6) is 7.39. The van der Waals surface area contributed by atoms with Gasteiger partial charge in [0, 0.05) is 23.9 Å². The molecule has 1 unspecified atom stereocenters. The highest BCUT2D eigenvalue weighted by Gasteiger charge is 2.19. The van der Waals surface area contributed by atoms with Crippen molar-refractivity contribution in [2.45, 2.75) is 50.1 Å². The molecule has 1 aliphatic carbocycles. The van der Waals surface area contributed by atoms with Crippen molar-refractivity contribution in [2.24, 2.45) is 0 Å². The molecule has 1 amide bonds. The maximum absolute atomic E-state index is 11.0. The molecular weight excluding hydrogens is 446 g/mol. The number of amides is 1. The standard InChI is InChI=1S/C26H27N5O2S/c1-19-16-23(13-12-21(19)8-6-15-28-20(2)32)33-18-25-29-30-26(34-24-10-4-3-5-11-24)31(25)22-9-7-14-27-17-22/h4,7,9-10,12-14,16-17,24H,3,5,11,15,18H2,1-2H3,(H,28,32). The summed E-state index contributed by atoms with van der Waals surface area (Å²) in [5.41, 5.74) is 2.81. The van der Waals surface area contributed by atoms with E-state index < -0.39 is 0 Å². The number of nitrogens with zero attached hydrogens (tertiary/aromatic N) is 4. The zero-order valence-corrected chi connectivity index (χ0v) is 20.1. The number of rotatable bonds is 7. The Labute approximate surface area is 204 Å². The van der Waals surface area contributed by atoms with Crippen molar-refractivity contribution in [3.8, 4) is 23.3 Å². The lowest BCUT2D eigenvalue weighted by Crippen LogP contribution is -2.19. The van der Waals surface area contributed by atoms with Crippen LogP contribution in [0.15, 0.2) is 60.0 Å². The van der Waals surface area contributed by atoms with Gasteiger partial charge in [-0.15, -0.1) is 10.2 Å². The van der Waals surface area contributed by atoms with E-state index in [1.807, 2.05) is 48.0 Å². The molecule has 3 aromatic rings. The SMILES string of the molecule is CC(=O)NCC#Cc1ccc(OCc2nnc(SC3C=CCCC3)n2-c2cccnc2)cc1C. The molecule has 1 atom stereocenters. The Kier molecular flexibility index (Phi) is 7.99. The lowest BCUT2D eigenvalue weighted by molar-refractivity contribution is -0.118. The molecule has 1 N–H and O–H groups in total. The number of pyridine rings is 1. The van der Waals surface area contributed by atoms with Crippen molar-refractivity contribution in [1.82, 2.24) is 25.1 Å². The fraction of sp³-hybridized carbons (Fsp3) is 0.308. The topological polar surface area (TPSA) is 81.9 Å². The highest BCUT2D eigenvalue weighted by atomic mass is 32.2. The van der Waals surface area contributed by atoms with Gasteiger partial charge in [-0.2, -0.15) is 0 Å². The fourth-order valence-electron chi connectivity index (χ4n) is 3.55. The van der Waals surface area contributed by atoms with Crippen molar-refractivity contribution in [3.05, 3.63) is 71.8 Å². The molecule has 2 heterocycles. The number of hydrogen-bond acceptors (Lipinski definition) is 6. The van der Waals surface area contributed by atoms with E-state index in [4.69, 9.17) is 4.74 Å². The van der Waals surface area contributed by atoms with Crippen LogP contribution in [0.1, 0.15) is 43.1 Å². The second-order valence-corrected chi connectivity index (χ2v) is 9.14. The summed E-state index contributed by atoms with van der Waals surface area (Å²) in [6, 6.07) is 9.68. The summed E-state index contributed by atoms with van der Waals surface area (Å²) >= 11 is 1.72. The van der Waals surface area contributed by atoms with E-state index in [9.17, 15) is 4.79 Å². The van der Waals surface area contributed by atoms with Gasteiger partial charge in [0.2, 0.25) is 5.91 Å². The van der Waals surface area contributed by atoms with Crippen molar-refractivity contribution in [1.29, 1.82) is 0 Å². The van der Waals surface area contributed by atoms with Gasteiger partial charge in [0.25, 0.3) is 0 Å². The second-order valence-electron chi connectivity index (χ2n) is 7.94. The second kappa shape index (κ2) is 11.5. The quantitative estimate of drug-likeness (QED) is 0.408. The Morgan fingerprint density at radius 3 is 2.97 bits per heavy atom. The highest BCUT2D eigenvalue weighted by molar-refractivity contribution is 7.99. The van der Waals surface area contributed by atoms with Crippen LogP contribution in [0, 0.1) is 18.8 Å². The van der Waals surface area contributed by atoms with Gasteiger partial charge in [-0.1, -0.05) is 35.8 Å². The number of carbonyl (C=O) groups is 1. The van der Waals surface area contributed by atoms with Crippen LogP contribution in [-0.4, -0.2) is 37.5 Å². The average Bonchev–Trinajstić information content (AvgIpc) is 3.24. The van der Waals surface area contributed by atoms with Crippen molar-refractivity contribution < 1.29 is 9.53 Å². The van der Waals surface area contributed by atoms with Crippen LogP contribution >= 0.6 is 11.8 Å². The van der Waals surface area contributed by atoms with Gasteiger partial charge < -0.3 is 10.1 Å². The van der Waals surface area contributed by atoms with Crippen LogP contribution in [0.4, 0.5) is 0 Å². The summed E-state index contributed by atoms with van der Waals surface area (Å²) in [6.45, 7) is 4.06. The Hall–Kier alpha value is -3.57. The summed E-state index contributed by atoms with van der Waals surface area (Å²) in [7, 11) is 0. The van der Waals surface area contributed by atoms with E-state index in [0.29, 0.717) is 17.6 Å². The molecule has 7 nitrogen and oxygen atoms in total. The normalized spacial score (nSPS) is 14.8. The number of thioether (sulfide) groups is 1. The fourth-order valence-corrected chi connectivity index (χ4v) is 4.70. The maximum atomic E-state index is 11.0. The number of aryl methyl sites for hydroxylation is 1. The molecule has 0 saturated carbocycles. The molecule has 0 fully saturated rings. The largest absolute Gasteiger partial charge is 0.486 e. The van der Waals surface area contributed by atoms with Crippen LogP contribution in [0.5, 0.6) is 5.75 Å². The molecule has 34 heavy (non-hydrogen) atoms. The molecule has 2 aromatic heterocycles. The third-order valence-corrected chi connectivity index (χ3v) is 6.46. The molecule has 1 aliphatic rings. The monoisotopic (exact) mass is 473 g/mol. The number of aromatic nitrogens is 4. The van der Waals surface area contributed by atoms with Gasteiger partial charge in [0.15, 0.2) is 11.0 Å². The summed E-state index contributed by atoms with van der Waals surface area (Å²) in [4.78, 5) is 15.2. The molecule has 0 spiro atoms. The van der Waals surface area contributed by atoms with E-state index in [1.165, 1.54) is 13.3 Å². The first-order chi connectivity index (χ1) is 16.6. The molecule has 4 rings (SSSR count). The van der Waals surface area contributed by atoms with Crippen LogP contribution in [0.2, 0.25) is 0 Å². The zero-order valence-electron chi connectivity index (χ0n) is 19.3. The van der Waals surface area contributed by atoms with Gasteiger partial charge in [-0.25, -0.2) is 0 Å². The minimum atomic E-state index is -0.0920. The van der Waals surface area contributed by atoms with Crippen LogP contribution in [0.25, 0.3) is 5.69 Å². The molecule has 0 aliphatic heterocycles. The van der Waals surface area contributed by atoms with E-state index in [1.54, 1.807) is 18.0 Å². The smallest absolute Gasteiger partial charge is 0.217 e. The molecule has 1 aromatic carbocycles. The summed E-state index contributed by atoms with van der Waals surface area (Å²) in [5, 5.41) is 12.8. The lowest BCUT2D eigenvalue weighted by Gasteiger charge is -2.16. The van der Waals surface area contributed by atoms with Gasteiger partial charge in [-0.3, -0.25) is 14.3 Å². The third-order valence-electron chi connectivity index (χ3n) is 5.29. The number of nitrogens with one attached hydrogen (secondary N) is 1. The molecule has 8 heteroatoms. The number of hydrogen-bond donors (Lipinski definition) is 1. The highest BCUT2D eigenvalue weighted by Crippen LogP contribution is 2.31. The van der Waals surface area contributed by atoms with Crippen LogP contribution in [0.3, 0.4) is 0 Å². The first kappa shape index (κ1) is 23.6. The van der Waals surface area contributed by atoms with Crippen LogP contribution in [-0.2, 0) is 11.4 Å². The van der Waals surface area contributed by atoms with Gasteiger partial charge in [0.1, 0.15) is 12.4 Å². The maximum Gasteiger partial charge on any atom is 0.217 e. The molecule has 0 bridgehead atoms. The Bertz CT molecular complexity index is 1230. The first-order valence-electron chi connectivity index (χ1n) is 11.2. The Morgan fingerprint density at radius 1 is 1.32 bits per heavy atom. The lowest BCUT2D eigenvalue weighted by atomic mass is 10.1. The van der Waals surface area contributed by atoms with Crippen LogP contribution < -0.4 is 10.1 Å². The number of benzene rings is 1. The predicted octanol–water partition coefficient (Wildman–Crippen LogP) is 4.24. The first-order valence-corrected chi connectivity index (χ1v) is 12.1. The summed E-state index contributed by atoms with van der Waals surface area (Å²) < 4.78 is 8.10. The van der Waals surface area contributed by atoms with E-state index in [-0.39, 0.29) is 12.5 Å². The number of carbonyl (C=O) groups excluding carboxylic acids is 1. The van der Waals surface area contributed by atoms with Crippen molar-refractivity contribution >= 4 is 17.7 Å². The molecule has 0 saturated heterocycles. The molecular formula is C26H27N5O2S. The number of ether oxygens (including phenoxy) is 1. The van der Waals surface area contributed by atoms with Gasteiger partial charge in [0.05, 0.1) is 18.4 Å². The van der Waals surface area contributed by atoms with E-state index in [2.05, 4.69) is 44.5 Å². The average molecular weight is 474 g/mol. The van der Waals surface area contributed by atoms with E-state index in [0.717, 1.165) is 40.6 Å². The zero-order chi connectivity index (χ0) is 23.8. The minimum absolute atomic E-state index is 0.0920.